The number of nitrogens with one attached hydrogen (secondary N) is 1. The maximum Gasteiger partial charge on any atom is 0.338 e. The topological polar surface area (TPSA) is 126 Å². The van der Waals surface area contributed by atoms with Gasteiger partial charge in [0.15, 0.2) is 0 Å². The Bertz CT molecular complexity index is 1350. The van der Waals surface area contributed by atoms with Gasteiger partial charge in [0.2, 0.25) is 15.8 Å². The van der Waals surface area contributed by atoms with E-state index in [1.807, 2.05) is 6.07 Å². The molecule has 2 N–H and O–H groups in total. The number of piperidine rings is 1. The maximum atomic E-state index is 14.1. The van der Waals surface area contributed by atoms with E-state index in [0.717, 1.165) is 49.9 Å². The fourth-order valence-electron chi connectivity index (χ4n) is 4.18. The number of anilines is 2. The highest BCUT2D eigenvalue weighted by Crippen LogP contribution is 2.39. The van der Waals surface area contributed by atoms with Gasteiger partial charge in [-0.3, -0.25) is 4.72 Å². The molecule has 3 aromatic rings. The number of hydrogen-bond donors (Lipinski definition) is 2. The van der Waals surface area contributed by atoms with Crippen molar-refractivity contribution in [1.82, 2.24) is 10.1 Å². The molecule has 0 amide bonds. The van der Waals surface area contributed by atoms with Crippen molar-refractivity contribution in [2.75, 3.05) is 22.4 Å². The summed E-state index contributed by atoms with van der Waals surface area (Å²) in [7, 11) is -3.56. The first-order valence-corrected chi connectivity index (χ1v) is 12.6. The molecule has 11 heteroatoms. The Morgan fingerprint density at radius 2 is 1.91 bits per heavy atom. The van der Waals surface area contributed by atoms with Gasteiger partial charge in [0.1, 0.15) is 5.82 Å². The summed E-state index contributed by atoms with van der Waals surface area (Å²) in [5, 5.41) is 12.9. The quantitative estimate of drug-likeness (QED) is 0.524. The third kappa shape index (κ3) is 4.89. The van der Waals surface area contributed by atoms with Crippen LogP contribution in [-0.4, -0.2) is 48.0 Å². The molecule has 0 radical (unpaired) electrons. The van der Waals surface area contributed by atoms with Crippen molar-refractivity contribution in [3.8, 4) is 22.8 Å². The summed E-state index contributed by atoms with van der Waals surface area (Å²) in [5.74, 6) is -2.10. The van der Waals surface area contributed by atoms with E-state index in [1.54, 1.807) is 12.1 Å². The van der Waals surface area contributed by atoms with Crippen LogP contribution >= 0.6 is 0 Å². The standard InChI is InChI=1S/C23H25FN4O5S/c1-23(2)10-4-5-11-28(23)19-9-7-15(13-18(19)27-34(3,31)32)21-25-20(26-33-21)14-6-8-16(22(29)30)17(24)12-14/h6-9,12-13,27H,4-5,10-11H2,1-3H3,(H,29,30). The summed E-state index contributed by atoms with van der Waals surface area (Å²) in [6.07, 6.45) is 4.19. The van der Waals surface area contributed by atoms with Crippen LogP contribution in [0.25, 0.3) is 22.8 Å². The highest BCUT2D eigenvalue weighted by atomic mass is 32.2. The van der Waals surface area contributed by atoms with E-state index in [-0.39, 0.29) is 22.8 Å². The number of carboxylic acids is 1. The van der Waals surface area contributed by atoms with Crippen LogP contribution in [0.3, 0.4) is 0 Å². The largest absolute Gasteiger partial charge is 0.478 e. The van der Waals surface area contributed by atoms with E-state index in [9.17, 15) is 17.6 Å². The first-order chi connectivity index (χ1) is 15.9. The molecular formula is C23H25FN4O5S. The van der Waals surface area contributed by atoms with Crippen LogP contribution in [0.4, 0.5) is 15.8 Å². The number of nitrogens with zero attached hydrogens (tertiary/aromatic N) is 3. The van der Waals surface area contributed by atoms with Crippen molar-refractivity contribution >= 4 is 27.4 Å². The molecule has 180 valence electrons. The Labute approximate surface area is 196 Å². The number of sulfonamides is 1. The van der Waals surface area contributed by atoms with Gasteiger partial charge in [-0.05, 0) is 69.5 Å². The van der Waals surface area contributed by atoms with Crippen molar-refractivity contribution in [3.05, 3.63) is 47.8 Å². The summed E-state index contributed by atoms with van der Waals surface area (Å²) in [4.78, 5) is 17.5. The Kier molecular flexibility index (Phi) is 6.07. The molecule has 2 aromatic carbocycles. The molecule has 0 spiro atoms. The summed E-state index contributed by atoms with van der Waals surface area (Å²) in [6.45, 7) is 5.06. The molecule has 0 atom stereocenters. The molecule has 4 rings (SSSR count). The summed E-state index contributed by atoms with van der Waals surface area (Å²) in [5.41, 5.74) is 1.28. The van der Waals surface area contributed by atoms with Crippen molar-refractivity contribution in [3.63, 3.8) is 0 Å². The Morgan fingerprint density at radius 3 is 2.56 bits per heavy atom. The summed E-state index contributed by atoms with van der Waals surface area (Å²) < 4.78 is 46.2. The predicted octanol–water partition coefficient (Wildman–Crippen LogP) is 4.38. The van der Waals surface area contributed by atoms with Gasteiger partial charge in [-0.2, -0.15) is 4.98 Å². The van der Waals surface area contributed by atoms with Crippen LogP contribution in [-0.2, 0) is 10.0 Å². The van der Waals surface area contributed by atoms with Gasteiger partial charge in [0, 0.05) is 23.2 Å². The zero-order chi connectivity index (χ0) is 24.7. The second-order valence-electron chi connectivity index (χ2n) is 8.95. The van der Waals surface area contributed by atoms with E-state index in [2.05, 4.69) is 33.6 Å². The average Bonchev–Trinajstić information content (AvgIpc) is 3.23. The lowest BCUT2D eigenvalue weighted by molar-refractivity contribution is 0.0692. The van der Waals surface area contributed by atoms with Crippen LogP contribution in [0.1, 0.15) is 43.5 Å². The lowest BCUT2D eigenvalue weighted by atomic mass is 9.89. The molecule has 1 saturated heterocycles. The fourth-order valence-corrected chi connectivity index (χ4v) is 4.75. The third-order valence-electron chi connectivity index (χ3n) is 5.86. The lowest BCUT2D eigenvalue weighted by Crippen LogP contribution is -2.47. The fraction of sp³-hybridized carbons (Fsp3) is 0.348. The molecule has 34 heavy (non-hydrogen) atoms. The third-order valence-corrected chi connectivity index (χ3v) is 6.46. The number of carboxylic acid groups (broad SMARTS) is 1. The van der Waals surface area contributed by atoms with E-state index in [1.165, 1.54) is 6.07 Å². The van der Waals surface area contributed by atoms with Crippen molar-refractivity contribution < 1.29 is 27.2 Å². The maximum absolute atomic E-state index is 14.1. The highest BCUT2D eigenvalue weighted by molar-refractivity contribution is 7.92. The zero-order valence-electron chi connectivity index (χ0n) is 19.0. The van der Waals surface area contributed by atoms with Crippen LogP contribution < -0.4 is 9.62 Å². The Morgan fingerprint density at radius 1 is 1.18 bits per heavy atom. The SMILES string of the molecule is CC1(C)CCCCN1c1ccc(-c2nc(-c3ccc(C(=O)O)c(F)c3)no2)cc1NS(C)(=O)=O. The van der Waals surface area contributed by atoms with Gasteiger partial charge in [-0.15, -0.1) is 0 Å². The van der Waals surface area contributed by atoms with Crippen LogP contribution in [0, 0.1) is 5.82 Å². The van der Waals surface area contributed by atoms with Gasteiger partial charge in [-0.1, -0.05) is 5.16 Å². The Balaban J connectivity index is 1.72. The molecule has 2 heterocycles. The molecule has 0 bridgehead atoms. The molecule has 1 aromatic heterocycles. The first-order valence-electron chi connectivity index (χ1n) is 10.7. The normalized spacial score (nSPS) is 15.8. The minimum atomic E-state index is -3.56. The molecule has 0 aliphatic carbocycles. The number of aromatic carboxylic acids is 1. The molecule has 0 unspecified atom stereocenters. The number of halogens is 1. The molecule has 1 aliphatic rings. The minimum Gasteiger partial charge on any atom is -0.478 e. The van der Waals surface area contributed by atoms with E-state index in [0.29, 0.717) is 11.3 Å². The van der Waals surface area contributed by atoms with Crippen molar-refractivity contribution in [2.45, 2.75) is 38.6 Å². The number of rotatable bonds is 6. The zero-order valence-corrected chi connectivity index (χ0v) is 19.8. The summed E-state index contributed by atoms with van der Waals surface area (Å²) >= 11 is 0. The van der Waals surface area contributed by atoms with Crippen molar-refractivity contribution in [2.24, 2.45) is 0 Å². The molecule has 1 aliphatic heterocycles. The molecule has 0 saturated carbocycles. The van der Waals surface area contributed by atoms with E-state index < -0.39 is 27.4 Å². The van der Waals surface area contributed by atoms with Gasteiger partial charge in [0.25, 0.3) is 5.89 Å². The van der Waals surface area contributed by atoms with Crippen molar-refractivity contribution in [1.29, 1.82) is 0 Å². The summed E-state index contributed by atoms with van der Waals surface area (Å²) in [6, 6.07) is 8.76. The minimum absolute atomic E-state index is 0.0738. The smallest absolute Gasteiger partial charge is 0.338 e. The van der Waals surface area contributed by atoms with Crippen LogP contribution in [0.2, 0.25) is 0 Å². The predicted molar refractivity (Wildman–Crippen MR) is 126 cm³/mol. The monoisotopic (exact) mass is 488 g/mol. The molecular weight excluding hydrogens is 463 g/mol. The average molecular weight is 489 g/mol. The van der Waals surface area contributed by atoms with Crippen LogP contribution in [0.5, 0.6) is 0 Å². The van der Waals surface area contributed by atoms with Gasteiger partial charge in [-0.25, -0.2) is 17.6 Å². The second kappa shape index (κ2) is 8.71. The number of carbonyl (C=O) groups is 1. The van der Waals surface area contributed by atoms with E-state index >= 15 is 0 Å². The van der Waals surface area contributed by atoms with Gasteiger partial charge < -0.3 is 14.5 Å². The first kappa shape index (κ1) is 23.7. The molecule has 9 nitrogen and oxygen atoms in total. The van der Waals surface area contributed by atoms with Crippen LogP contribution in [0.15, 0.2) is 40.9 Å². The van der Waals surface area contributed by atoms with E-state index in [4.69, 9.17) is 9.63 Å². The Hall–Kier alpha value is -3.47. The highest BCUT2D eigenvalue weighted by Gasteiger charge is 2.32. The van der Waals surface area contributed by atoms with Gasteiger partial charge in [0.05, 0.1) is 23.2 Å². The van der Waals surface area contributed by atoms with Gasteiger partial charge >= 0.3 is 5.97 Å². The molecule has 1 fully saturated rings. The second-order valence-corrected chi connectivity index (χ2v) is 10.7. The number of hydrogen-bond acceptors (Lipinski definition) is 7. The lowest BCUT2D eigenvalue weighted by Gasteiger charge is -2.45. The number of aromatic nitrogens is 2. The number of benzene rings is 2.